The number of H-pyrrole nitrogens is 1. The molecule has 26 heavy (non-hydrogen) atoms. The molecule has 0 amide bonds. The number of pyridine rings is 1. The lowest BCUT2D eigenvalue weighted by Gasteiger charge is -2.23. The number of carbonyl (C=O) groups is 1. The summed E-state index contributed by atoms with van der Waals surface area (Å²) < 4.78 is 4.88. The third-order valence-electron chi connectivity index (χ3n) is 4.69. The first-order valence-corrected chi connectivity index (χ1v) is 8.45. The average molecular weight is 347 g/mol. The van der Waals surface area contributed by atoms with E-state index in [0.717, 1.165) is 22.3 Å². The van der Waals surface area contributed by atoms with E-state index in [1.807, 2.05) is 62.4 Å². The van der Waals surface area contributed by atoms with Gasteiger partial charge in [-0.25, -0.2) is 4.79 Å². The first-order chi connectivity index (χ1) is 12.5. The van der Waals surface area contributed by atoms with Crippen LogP contribution < -0.4 is 5.56 Å². The number of hydrogen-bond donors (Lipinski definition) is 1. The maximum atomic E-state index is 12.4. The van der Waals surface area contributed by atoms with Gasteiger partial charge in [0.25, 0.3) is 5.56 Å². The summed E-state index contributed by atoms with van der Waals surface area (Å²) in [5, 5.41) is 0. The van der Waals surface area contributed by atoms with Gasteiger partial charge in [0.2, 0.25) is 0 Å². The highest BCUT2D eigenvalue weighted by Crippen LogP contribution is 2.36. The Morgan fingerprint density at radius 2 is 1.42 bits per heavy atom. The van der Waals surface area contributed by atoms with Crippen LogP contribution in [-0.4, -0.2) is 18.1 Å². The Morgan fingerprint density at radius 1 is 0.885 bits per heavy atom. The molecule has 0 unspecified atom stereocenters. The molecule has 1 heterocycles. The van der Waals surface area contributed by atoms with Crippen LogP contribution in [0.1, 0.15) is 44.1 Å². The Labute approximate surface area is 152 Å². The lowest BCUT2D eigenvalue weighted by Crippen LogP contribution is -2.23. The number of aromatic nitrogens is 1. The molecule has 1 N–H and O–H groups in total. The molecule has 0 atom stereocenters. The summed E-state index contributed by atoms with van der Waals surface area (Å²) in [5.74, 6) is -0.872. The Hall–Kier alpha value is -3.14. The van der Waals surface area contributed by atoms with E-state index in [1.54, 1.807) is 12.3 Å². The van der Waals surface area contributed by atoms with E-state index in [2.05, 4.69) is 4.98 Å². The number of aryl methyl sites for hydroxylation is 2. The highest BCUT2D eigenvalue weighted by atomic mass is 16.5. The van der Waals surface area contributed by atoms with E-state index >= 15 is 0 Å². The summed E-state index contributed by atoms with van der Waals surface area (Å²) in [6.45, 7) is 4.07. The van der Waals surface area contributed by atoms with Crippen molar-refractivity contribution in [1.29, 1.82) is 0 Å². The van der Waals surface area contributed by atoms with E-state index < -0.39 is 11.5 Å². The average Bonchev–Trinajstić information content (AvgIpc) is 2.64. The van der Waals surface area contributed by atoms with Gasteiger partial charge in [0, 0.05) is 12.1 Å². The number of rotatable bonds is 4. The Bertz CT molecular complexity index is 959. The second-order valence-corrected chi connectivity index (χ2v) is 6.27. The number of carbonyl (C=O) groups excluding carboxylic acids is 1. The SMILES string of the molecule is COC(=O)c1c(C(c2ccccc2C)c2ccccc2C)cc[nH]c1=O. The van der Waals surface area contributed by atoms with Gasteiger partial charge in [0.05, 0.1) is 7.11 Å². The number of benzene rings is 2. The molecule has 0 aliphatic heterocycles. The Balaban J connectivity index is 2.36. The standard InChI is InChI=1S/C22H21NO3/c1-14-8-4-6-10-16(14)19(17-11-7-5-9-15(17)2)18-12-13-23-21(24)20(18)22(25)26-3/h4-13,19H,1-3H3,(H,23,24). The molecular weight excluding hydrogens is 326 g/mol. The summed E-state index contributed by atoms with van der Waals surface area (Å²) in [5.41, 5.74) is 4.54. The van der Waals surface area contributed by atoms with Crippen LogP contribution in [0.5, 0.6) is 0 Å². The predicted molar refractivity (Wildman–Crippen MR) is 102 cm³/mol. The molecule has 3 rings (SSSR count). The number of nitrogens with one attached hydrogen (secondary N) is 1. The quantitative estimate of drug-likeness (QED) is 0.727. The van der Waals surface area contributed by atoms with E-state index in [-0.39, 0.29) is 11.5 Å². The van der Waals surface area contributed by atoms with Gasteiger partial charge in [-0.2, -0.15) is 0 Å². The van der Waals surface area contributed by atoms with Crippen molar-refractivity contribution in [2.24, 2.45) is 0 Å². The first-order valence-electron chi connectivity index (χ1n) is 8.45. The number of aromatic amines is 1. The normalized spacial score (nSPS) is 10.8. The molecule has 0 aliphatic rings. The number of methoxy groups -OCH3 is 1. The minimum absolute atomic E-state index is 0.0477. The molecule has 1 aromatic heterocycles. The largest absolute Gasteiger partial charge is 0.465 e. The Kier molecular flexibility index (Phi) is 5.03. The van der Waals surface area contributed by atoms with Gasteiger partial charge in [-0.15, -0.1) is 0 Å². The van der Waals surface area contributed by atoms with Crippen LogP contribution >= 0.6 is 0 Å². The molecule has 2 aromatic carbocycles. The maximum absolute atomic E-state index is 12.4. The lowest BCUT2D eigenvalue weighted by atomic mass is 9.80. The van der Waals surface area contributed by atoms with Gasteiger partial charge in [0.15, 0.2) is 0 Å². The highest BCUT2D eigenvalue weighted by Gasteiger charge is 2.27. The minimum Gasteiger partial charge on any atom is -0.465 e. The summed E-state index contributed by atoms with van der Waals surface area (Å²) in [6.07, 6.45) is 1.58. The molecule has 4 nitrogen and oxygen atoms in total. The molecule has 0 radical (unpaired) electrons. The summed E-state index contributed by atoms with van der Waals surface area (Å²) in [7, 11) is 1.29. The monoisotopic (exact) mass is 347 g/mol. The van der Waals surface area contributed by atoms with Crippen LogP contribution in [0.2, 0.25) is 0 Å². The van der Waals surface area contributed by atoms with E-state index in [9.17, 15) is 9.59 Å². The molecule has 0 spiro atoms. The molecule has 0 saturated heterocycles. The molecular formula is C22H21NO3. The number of esters is 1. The van der Waals surface area contributed by atoms with Crippen LogP contribution in [-0.2, 0) is 4.74 Å². The summed E-state index contributed by atoms with van der Waals surface area (Å²) >= 11 is 0. The van der Waals surface area contributed by atoms with Crippen molar-refractivity contribution in [3.8, 4) is 0 Å². The van der Waals surface area contributed by atoms with Crippen LogP contribution in [0, 0.1) is 13.8 Å². The van der Waals surface area contributed by atoms with E-state index in [0.29, 0.717) is 5.56 Å². The van der Waals surface area contributed by atoms with Crippen molar-refractivity contribution in [2.75, 3.05) is 7.11 Å². The maximum Gasteiger partial charge on any atom is 0.343 e. The zero-order valence-corrected chi connectivity index (χ0v) is 15.1. The lowest BCUT2D eigenvalue weighted by molar-refractivity contribution is 0.0597. The van der Waals surface area contributed by atoms with Crippen LogP contribution in [0.25, 0.3) is 0 Å². The van der Waals surface area contributed by atoms with Crippen LogP contribution in [0.4, 0.5) is 0 Å². The van der Waals surface area contributed by atoms with Gasteiger partial charge >= 0.3 is 5.97 Å². The fraction of sp³-hybridized carbons (Fsp3) is 0.182. The van der Waals surface area contributed by atoms with Crippen molar-refractivity contribution >= 4 is 5.97 Å². The minimum atomic E-state index is -0.631. The molecule has 4 heteroatoms. The van der Waals surface area contributed by atoms with Crippen molar-refractivity contribution < 1.29 is 9.53 Å². The van der Waals surface area contributed by atoms with Crippen molar-refractivity contribution in [3.63, 3.8) is 0 Å². The molecule has 0 bridgehead atoms. The third kappa shape index (κ3) is 3.18. The topological polar surface area (TPSA) is 59.2 Å². The van der Waals surface area contributed by atoms with Gasteiger partial charge < -0.3 is 9.72 Å². The number of ether oxygens (including phenoxy) is 1. The Morgan fingerprint density at radius 3 is 1.92 bits per heavy atom. The van der Waals surface area contributed by atoms with Crippen molar-refractivity contribution in [3.05, 3.63) is 105 Å². The van der Waals surface area contributed by atoms with Gasteiger partial charge in [-0.05, 0) is 47.7 Å². The second-order valence-electron chi connectivity index (χ2n) is 6.27. The fourth-order valence-corrected chi connectivity index (χ4v) is 3.37. The summed E-state index contributed by atoms with van der Waals surface area (Å²) in [4.78, 5) is 27.4. The van der Waals surface area contributed by atoms with Crippen molar-refractivity contribution in [2.45, 2.75) is 19.8 Å². The molecule has 0 fully saturated rings. The van der Waals surface area contributed by atoms with Crippen LogP contribution in [0.3, 0.4) is 0 Å². The van der Waals surface area contributed by atoms with Crippen LogP contribution in [0.15, 0.2) is 65.6 Å². The highest BCUT2D eigenvalue weighted by molar-refractivity contribution is 5.91. The molecule has 3 aromatic rings. The molecule has 132 valence electrons. The number of hydrogen-bond acceptors (Lipinski definition) is 3. The van der Waals surface area contributed by atoms with E-state index in [4.69, 9.17) is 4.74 Å². The van der Waals surface area contributed by atoms with E-state index in [1.165, 1.54) is 7.11 Å². The van der Waals surface area contributed by atoms with Gasteiger partial charge in [-0.1, -0.05) is 48.5 Å². The molecule has 0 aliphatic carbocycles. The summed E-state index contributed by atoms with van der Waals surface area (Å²) in [6, 6.07) is 17.8. The predicted octanol–water partition coefficient (Wildman–Crippen LogP) is 3.96. The second kappa shape index (κ2) is 7.40. The van der Waals surface area contributed by atoms with Crippen molar-refractivity contribution in [1.82, 2.24) is 4.98 Å². The molecule has 0 saturated carbocycles. The van der Waals surface area contributed by atoms with Gasteiger partial charge in [-0.3, -0.25) is 4.79 Å². The smallest absolute Gasteiger partial charge is 0.343 e. The fourth-order valence-electron chi connectivity index (χ4n) is 3.37. The zero-order valence-electron chi connectivity index (χ0n) is 15.1. The third-order valence-corrected chi connectivity index (χ3v) is 4.69. The zero-order chi connectivity index (χ0) is 18.7. The van der Waals surface area contributed by atoms with Gasteiger partial charge in [0.1, 0.15) is 5.56 Å². The first kappa shape index (κ1) is 17.7.